The number of nitrogens with one attached hydrogen (secondary N) is 1. The van der Waals surface area contributed by atoms with Crippen molar-refractivity contribution >= 4 is 0 Å². The highest BCUT2D eigenvalue weighted by molar-refractivity contribution is 5.40. The maximum Gasteiger partial charge on any atom is 0.168 e. The van der Waals surface area contributed by atoms with Gasteiger partial charge in [0.05, 0.1) is 0 Å². The van der Waals surface area contributed by atoms with Gasteiger partial charge in [0, 0.05) is 37.8 Å². The van der Waals surface area contributed by atoms with Crippen molar-refractivity contribution in [2.75, 3.05) is 26.2 Å². The zero-order chi connectivity index (χ0) is 14.7. The summed E-state index contributed by atoms with van der Waals surface area (Å²) >= 11 is 0. The first kappa shape index (κ1) is 15.0. The molecule has 3 nitrogen and oxygen atoms in total. The number of halogens is 1. The minimum absolute atomic E-state index is 0.00954. The lowest BCUT2D eigenvalue weighted by Crippen LogP contribution is -2.45. The first-order valence-electron chi connectivity index (χ1n) is 7.08. The molecule has 0 aliphatic carbocycles. The lowest BCUT2D eigenvalue weighted by molar-refractivity contribution is 0.169. The molecule has 1 aromatic carbocycles. The number of rotatable bonds is 4. The molecule has 1 aliphatic rings. The Hall–Kier alpha value is -1.39. The summed E-state index contributed by atoms with van der Waals surface area (Å²) in [6, 6.07) is 3.56. The predicted molar refractivity (Wildman–Crippen MR) is 79.4 cm³/mol. The molecule has 1 atom stereocenters. The number of benzene rings is 1. The smallest absolute Gasteiger partial charge is 0.168 e. The van der Waals surface area contributed by atoms with Crippen molar-refractivity contribution in [2.24, 2.45) is 0 Å². The number of phenolic OH excluding ortho intramolecular Hbond substituents is 1. The molecule has 1 heterocycles. The van der Waals surface area contributed by atoms with Crippen LogP contribution in [0, 0.1) is 12.7 Å². The van der Waals surface area contributed by atoms with Gasteiger partial charge in [0.2, 0.25) is 0 Å². The van der Waals surface area contributed by atoms with Crippen molar-refractivity contribution < 1.29 is 9.50 Å². The Morgan fingerprint density at radius 2 is 2.10 bits per heavy atom. The van der Waals surface area contributed by atoms with Crippen LogP contribution in [0.3, 0.4) is 0 Å². The summed E-state index contributed by atoms with van der Waals surface area (Å²) in [5.74, 6) is -0.723. The second-order valence-electron chi connectivity index (χ2n) is 5.60. The molecule has 1 aromatic rings. The predicted octanol–water partition coefficient (Wildman–Crippen LogP) is 2.75. The highest BCUT2D eigenvalue weighted by atomic mass is 19.1. The van der Waals surface area contributed by atoms with Gasteiger partial charge in [-0.3, -0.25) is 4.90 Å². The Kier molecular flexibility index (Phi) is 4.78. The van der Waals surface area contributed by atoms with Crippen molar-refractivity contribution in [3.63, 3.8) is 0 Å². The summed E-state index contributed by atoms with van der Waals surface area (Å²) in [5.41, 5.74) is 2.17. The Morgan fingerprint density at radius 3 is 2.70 bits per heavy atom. The highest BCUT2D eigenvalue weighted by Crippen LogP contribution is 2.35. The molecule has 0 radical (unpaired) electrons. The van der Waals surface area contributed by atoms with Crippen LogP contribution < -0.4 is 5.32 Å². The zero-order valence-corrected chi connectivity index (χ0v) is 12.2. The van der Waals surface area contributed by atoms with E-state index in [1.54, 1.807) is 13.0 Å². The molecule has 2 rings (SSSR count). The van der Waals surface area contributed by atoms with Crippen LogP contribution >= 0.6 is 0 Å². The van der Waals surface area contributed by atoms with Crippen LogP contribution in [-0.4, -0.2) is 36.2 Å². The molecule has 20 heavy (non-hydrogen) atoms. The van der Waals surface area contributed by atoms with Gasteiger partial charge in [0.15, 0.2) is 11.6 Å². The fourth-order valence-corrected chi connectivity index (χ4v) is 2.71. The van der Waals surface area contributed by atoms with Gasteiger partial charge in [-0.05, 0) is 25.8 Å². The van der Waals surface area contributed by atoms with Crippen LogP contribution in [0.4, 0.5) is 4.39 Å². The van der Waals surface area contributed by atoms with Gasteiger partial charge in [0.25, 0.3) is 0 Å². The molecule has 0 amide bonds. The Labute approximate surface area is 120 Å². The first-order chi connectivity index (χ1) is 9.50. The molecule has 2 N–H and O–H groups in total. The molecule has 0 spiro atoms. The van der Waals surface area contributed by atoms with Crippen molar-refractivity contribution in [2.45, 2.75) is 26.3 Å². The second-order valence-corrected chi connectivity index (χ2v) is 5.60. The van der Waals surface area contributed by atoms with E-state index in [2.05, 4.69) is 16.8 Å². The topological polar surface area (TPSA) is 35.5 Å². The minimum Gasteiger partial charge on any atom is -0.505 e. The molecule has 0 unspecified atom stereocenters. The molecule has 4 heteroatoms. The third-order valence-electron chi connectivity index (χ3n) is 3.83. The summed E-state index contributed by atoms with van der Waals surface area (Å²) in [4.78, 5) is 2.29. The van der Waals surface area contributed by atoms with Crippen LogP contribution in [0.15, 0.2) is 24.3 Å². The number of aryl methyl sites for hydroxylation is 1. The summed E-state index contributed by atoms with van der Waals surface area (Å²) in [6.07, 6.45) is 0.732. The fourth-order valence-electron chi connectivity index (χ4n) is 2.71. The Morgan fingerprint density at radius 1 is 1.45 bits per heavy atom. The van der Waals surface area contributed by atoms with Gasteiger partial charge in [-0.2, -0.15) is 0 Å². The third-order valence-corrected chi connectivity index (χ3v) is 3.83. The summed E-state index contributed by atoms with van der Waals surface area (Å²) in [6.45, 7) is 11.2. The average Bonchev–Trinajstić information content (AvgIpc) is 2.44. The van der Waals surface area contributed by atoms with E-state index in [1.807, 2.05) is 13.0 Å². The number of aromatic hydroxyl groups is 1. The van der Waals surface area contributed by atoms with E-state index in [0.29, 0.717) is 11.1 Å². The van der Waals surface area contributed by atoms with E-state index in [0.717, 1.165) is 38.2 Å². The summed E-state index contributed by atoms with van der Waals surface area (Å²) in [5, 5.41) is 13.5. The number of piperazine rings is 1. The van der Waals surface area contributed by atoms with Gasteiger partial charge in [-0.15, -0.1) is 6.58 Å². The van der Waals surface area contributed by atoms with Crippen molar-refractivity contribution in [1.29, 1.82) is 0 Å². The molecule has 0 bridgehead atoms. The van der Waals surface area contributed by atoms with Crippen LogP contribution in [0.1, 0.15) is 30.5 Å². The molecule has 1 fully saturated rings. The molecule has 1 aliphatic heterocycles. The molecule has 1 saturated heterocycles. The van der Waals surface area contributed by atoms with Gasteiger partial charge >= 0.3 is 0 Å². The first-order valence-corrected chi connectivity index (χ1v) is 7.08. The van der Waals surface area contributed by atoms with Crippen LogP contribution in [-0.2, 0) is 0 Å². The van der Waals surface area contributed by atoms with Crippen LogP contribution in [0.5, 0.6) is 5.75 Å². The van der Waals surface area contributed by atoms with Crippen molar-refractivity contribution in [3.8, 4) is 5.75 Å². The number of phenols is 1. The van der Waals surface area contributed by atoms with Crippen LogP contribution in [0.25, 0.3) is 0 Å². The van der Waals surface area contributed by atoms with E-state index in [4.69, 9.17) is 0 Å². The maximum atomic E-state index is 14.0. The quantitative estimate of drug-likeness (QED) is 0.831. The molecular weight excluding hydrogens is 255 g/mol. The van der Waals surface area contributed by atoms with Gasteiger partial charge in [-0.25, -0.2) is 4.39 Å². The van der Waals surface area contributed by atoms with E-state index in [9.17, 15) is 9.50 Å². The van der Waals surface area contributed by atoms with Crippen LogP contribution in [0.2, 0.25) is 0 Å². The second kappa shape index (κ2) is 6.37. The van der Waals surface area contributed by atoms with Crippen molar-refractivity contribution in [3.05, 3.63) is 41.2 Å². The van der Waals surface area contributed by atoms with E-state index in [1.165, 1.54) is 0 Å². The lowest BCUT2D eigenvalue weighted by atomic mass is 9.96. The van der Waals surface area contributed by atoms with Crippen molar-refractivity contribution in [1.82, 2.24) is 10.2 Å². The minimum atomic E-state index is -0.510. The summed E-state index contributed by atoms with van der Waals surface area (Å²) in [7, 11) is 0. The van der Waals surface area contributed by atoms with Gasteiger partial charge in [0.1, 0.15) is 0 Å². The van der Waals surface area contributed by atoms with Gasteiger partial charge in [-0.1, -0.05) is 17.7 Å². The van der Waals surface area contributed by atoms with Gasteiger partial charge < -0.3 is 10.4 Å². The number of hydrogen-bond donors (Lipinski definition) is 2. The Bertz CT molecular complexity index is 495. The largest absolute Gasteiger partial charge is 0.505 e. The zero-order valence-electron chi connectivity index (χ0n) is 12.2. The third kappa shape index (κ3) is 3.19. The molecular formula is C16H23FN2O. The molecule has 110 valence electrons. The monoisotopic (exact) mass is 278 g/mol. The molecule has 0 aromatic heterocycles. The standard InChI is InChI=1S/C16H23FN2O/c1-11(2)10-14(19-8-6-18-7-9-19)13-5-4-12(3)15(17)16(13)20/h4-5,14,18,20H,1,6-10H2,2-3H3/t14-/m1/s1. The number of hydrogen-bond acceptors (Lipinski definition) is 3. The Balaban J connectivity index is 2.35. The SMILES string of the molecule is C=C(C)C[C@H](c1ccc(C)c(F)c1O)N1CCNCC1. The maximum absolute atomic E-state index is 14.0. The number of nitrogens with zero attached hydrogens (tertiary/aromatic N) is 1. The summed E-state index contributed by atoms with van der Waals surface area (Å²) < 4.78 is 14.0. The average molecular weight is 278 g/mol. The normalized spacial score (nSPS) is 17.9. The lowest BCUT2D eigenvalue weighted by Gasteiger charge is -2.35. The fraction of sp³-hybridized carbons (Fsp3) is 0.500. The van der Waals surface area contributed by atoms with E-state index in [-0.39, 0.29) is 11.8 Å². The van der Waals surface area contributed by atoms with E-state index < -0.39 is 5.82 Å². The van der Waals surface area contributed by atoms with E-state index >= 15 is 0 Å². The molecule has 0 saturated carbocycles. The highest BCUT2D eigenvalue weighted by Gasteiger charge is 2.26.